The van der Waals surface area contributed by atoms with Crippen molar-refractivity contribution in [2.75, 3.05) is 0 Å². The van der Waals surface area contributed by atoms with Gasteiger partial charge in [0.1, 0.15) is 0 Å². The van der Waals surface area contributed by atoms with Crippen LogP contribution in [-0.2, 0) is 13.0 Å². The molecular formula is C24H24Fe2. The molecule has 20 heterocycles. The standard InChI is InChI=1S/C14H14.2C5H5.2Fe/c1-11(2)14(12-7-3-4-8-12)13-9-5-6-10-13;2*1-2-4-5-3-1;;/h3-10H,1-2H3;2*1-5H;;. The summed E-state index contributed by atoms with van der Waals surface area (Å²) in [6.45, 7) is -0.525. The van der Waals surface area contributed by atoms with Crippen LogP contribution in [0.4, 0.5) is 0 Å². The van der Waals surface area contributed by atoms with E-state index in [1.54, 1.807) is 86.7 Å². The second-order valence-corrected chi connectivity index (χ2v) is 67.9. The van der Waals surface area contributed by atoms with Crippen LogP contribution in [-0.4, -0.2) is 0 Å². The molecule has 8 atom stereocenters. The molecule has 20 rings (SSSR count). The van der Waals surface area contributed by atoms with E-state index in [2.05, 4.69) is 19.4 Å². The quantitative estimate of drug-likeness (QED) is 0.313. The molecule has 20 aliphatic rings. The molecule has 20 aliphatic heterocycles. The van der Waals surface area contributed by atoms with Crippen molar-refractivity contribution < 1.29 is 13.0 Å². The summed E-state index contributed by atoms with van der Waals surface area (Å²) in [4.78, 5) is 28.1. The second-order valence-electron chi connectivity index (χ2n) is 20.7. The Kier molecular flexibility index (Phi) is 0.195. The third kappa shape index (κ3) is 0.0715. The Morgan fingerprint density at radius 2 is 0.731 bits per heavy atom. The van der Waals surface area contributed by atoms with Gasteiger partial charge < -0.3 is 0 Å². The normalized spacial score (nSPS) is 153. The van der Waals surface area contributed by atoms with Crippen molar-refractivity contribution in [3.05, 3.63) is 11.1 Å². The van der Waals surface area contributed by atoms with Crippen molar-refractivity contribution in [1.29, 1.82) is 0 Å². The van der Waals surface area contributed by atoms with Crippen LogP contribution in [0, 0.1) is 0 Å². The van der Waals surface area contributed by atoms with Gasteiger partial charge in [-0.15, -0.1) is 0 Å². The van der Waals surface area contributed by atoms with Gasteiger partial charge >= 0.3 is 133 Å². The van der Waals surface area contributed by atoms with Gasteiger partial charge in [0, 0.05) is 0 Å². The van der Waals surface area contributed by atoms with Crippen molar-refractivity contribution in [3.63, 3.8) is 0 Å². The summed E-state index contributed by atoms with van der Waals surface area (Å²) in [6, 6.07) is 0. The fraction of sp³-hybridized carbons (Fsp3) is 0.917. The Labute approximate surface area is 132 Å². The van der Waals surface area contributed by atoms with E-state index >= 15 is 0 Å². The van der Waals surface area contributed by atoms with Gasteiger partial charge in [0.2, 0.25) is 0 Å². The molecule has 0 nitrogen and oxygen atoms in total. The van der Waals surface area contributed by atoms with E-state index in [1.807, 2.05) is 5.57 Å². The number of hydrogen-bond acceptors (Lipinski definition) is 0. The Hall–Kier alpha value is 0.779. The van der Waals surface area contributed by atoms with Crippen molar-refractivity contribution in [1.82, 2.24) is 0 Å². The molecule has 20 saturated heterocycles. The van der Waals surface area contributed by atoms with E-state index in [-0.39, 0.29) is 0 Å². The van der Waals surface area contributed by atoms with Crippen LogP contribution >= 0.6 is 0 Å². The predicted molar refractivity (Wildman–Crippen MR) is 91.3 cm³/mol. The molecule has 136 valence electrons. The Morgan fingerprint density at radius 1 is 0.462 bits per heavy atom. The third-order valence-electron chi connectivity index (χ3n) is 30.6. The first-order valence-corrected chi connectivity index (χ1v) is 24.8. The number of fused-ring (bicyclic) bond motifs is 20. The van der Waals surface area contributed by atoms with Gasteiger partial charge in [-0.25, -0.2) is 0 Å². The zero-order valence-corrected chi connectivity index (χ0v) is 17.3. The van der Waals surface area contributed by atoms with Crippen molar-refractivity contribution in [2.24, 2.45) is 0 Å². The van der Waals surface area contributed by atoms with E-state index in [0.29, 0.717) is 0 Å². The minimum atomic E-state index is -2.98. The summed E-state index contributed by atoms with van der Waals surface area (Å²) < 4.78 is 2.32. The Bertz CT molecular complexity index is 1830. The summed E-state index contributed by atoms with van der Waals surface area (Å²) in [6.07, 6.45) is 0. The van der Waals surface area contributed by atoms with Gasteiger partial charge in [0.15, 0.2) is 0 Å². The average molecular weight is 424 g/mol. The summed E-state index contributed by atoms with van der Waals surface area (Å²) in [7, 11) is 0. The average Bonchev–Trinajstić information content (AvgIpc) is 3.51. The summed E-state index contributed by atoms with van der Waals surface area (Å²) >= 11 is 0. The monoisotopic (exact) mass is 424 g/mol. The van der Waals surface area contributed by atoms with E-state index in [4.69, 9.17) is 0 Å². The van der Waals surface area contributed by atoms with Gasteiger partial charge in [-0.1, -0.05) is 0 Å². The molecule has 26 heavy (non-hydrogen) atoms. The first kappa shape index (κ1) is 8.49. The molecule has 20 fully saturated rings. The molecule has 2 spiro atoms. The fourth-order valence-corrected chi connectivity index (χ4v) is 183. The minimum absolute atomic E-state index is 1.16. The number of allylic oxidation sites excluding steroid dienone is 2. The summed E-state index contributed by atoms with van der Waals surface area (Å²) in [5.41, 5.74) is 4.58. The van der Waals surface area contributed by atoms with Crippen LogP contribution in [0.5, 0.6) is 0 Å². The molecule has 0 aliphatic carbocycles. The Balaban J connectivity index is 1.20. The van der Waals surface area contributed by atoms with Crippen LogP contribution in [0.25, 0.3) is 0 Å². The van der Waals surface area contributed by atoms with E-state index in [9.17, 15) is 0 Å². The first-order valence-electron chi connectivity index (χ1n) is 12.3. The molecule has 0 aromatic rings. The van der Waals surface area contributed by atoms with Gasteiger partial charge in [-0.05, 0) is 0 Å². The zero-order valence-electron chi connectivity index (χ0n) is 15.1. The van der Waals surface area contributed by atoms with Crippen molar-refractivity contribution in [2.45, 2.75) is 109 Å². The number of hydrogen-bond donors (Lipinski definition) is 0. The molecule has 0 N–H and O–H groups in total. The van der Waals surface area contributed by atoms with Crippen molar-refractivity contribution in [3.8, 4) is 0 Å². The maximum absolute atomic E-state index is 2.98. The third-order valence-corrected chi connectivity index (χ3v) is 115. The van der Waals surface area contributed by atoms with Gasteiger partial charge in [0.25, 0.3) is 0 Å². The number of rotatable bonds is 2. The molecule has 0 radical (unpaired) electrons. The summed E-state index contributed by atoms with van der Waals surface area (Å²) in [5.74, 6) is 0. The molecule has 0 aromatic heterocycles. The van der Waals surface area contributed by atoms with Gasteiger partial charge in [0.05, 0.1) is 0 Å². The van der Waals surface area contributed by atoms with Crippen LogP contribution in [0.2, 0.25) is 95.3 Å². The zero-order chi connectivity index (χ0) is 15.2. The molecule has 0 saturated carbocycles. The van der Waals surface area contributed by atoms with Crippen LogP contribution in [0.1, 0.15) is 13.8 Å². The van der Waals surface area contributed by atoms with Crippen LogP contribution in [0.15, 0.2) is 11.1 Å². The maximum atomic E-state index is 2.72. The second kappa shape index (κ2) is 0.597. The van der Waals surface area contributed by atoms with Gasteiger partial charge in [-0.2, -0.15) is 0 Å². The molecule has 0 bridgehead atoms. The predicted octanol–water partition coefficient (Wildman–Crippen LogP) is 7.84. The SMILES string of the molecule is CC(C)=C([C]12[CH]3[CH]4[CH]5[CH]1[Fe]45321678[CH]2[CH]1[CH]6[CH]7[CH]28)[C]12[CH]3[CH]4[CH]5[CH]1[Fe]45321678[CH]2[CH]1[CH]6[CH]7[CH]28. The Morgan fingerprint density at radius 3 is 0.846 bits per heavy atom. The van der Waals surface area contributed by atoms with Crippen LogP contribution < -0.4 is 0 Å². The molecule has 0 amide bonds. The van der Waals surface area contributed by atoms with Crippen molar-refractivity contribution >= 4 is 0 Å². The van der Waals surface area contributed by atoms with E-state index in [1.165, 1.54) is 0 Å². The molecule has 0 aromatic carbocycles. The van der Waals surface area contributed by atoms with E-state index in [0.717, 1.165) is 8.63 Å². The summed E-state index contributed by atoms with van der Waals surface area (Å²) in [5, 5.41) is 0. The topological polar surface area (TPSA) is 0 Å². The van der Waals surface area contributed by atoms with Gasteiger partial charge in [-0.3, -0.25) is 0 Å². The molecule has 2 heteroatoms. The molecular weight excluding hydrogens is 400 g/mol. The fourth-order valence-electron chi connectivity index (χ4n) is 34.8. The van der Waals surface area contributed by atoms with E-state index < -0.39 is 13.0 Å². The van der Waals surface area contributed by atoms with Crippen LogP contribution in [0.3, 0.4) is 0 Å². The first-order chi connectivity index (χ1) is 12.2. The molecule has 8 unspecified atom stereocenters.